The van der Waals surface area contributed by atoms with Crippen molar-refractivity contribution in [2.45, 2.75) is 27.4 Å². The van der Waals surface area contributed by atoms with E-state index in [1.807, 2.05) is 67.6 Å². The number of rotatable bonds is 9. The highest BCUT2D eigenvalue weighted by molar-refractivity contribution is 9.10. The summed E-state index contributed by atoms with van der Waals surface area (Å²) in [7, 11) is 0. The zero-order valence-corrected chi connectivity index (χ0v) is 24.1. The van der Waals surface area contributed by atoms with Gasteiger partial charge in [-0.15, -0.1) is 0 Å². The second kappa shape index (κ2) is 12.7. The molecule has 1 heterocycles. The van der Waals surface area contributed by atoms with Gasteiger partial charge in [0.25, 0.3) is 5.91 Å². The summed E-state index contributed by atoms with van der Waals surface area (Å²) in [5, 5.41) is 1.31. The molecule has 3 aromatic carbocycles. The van der Waals surface area contributed by atoms with Crippen LogP contribution in [0.1, 0.15) is 31.9 Å². The third kappa shape index (κ3) is 7.40. The van der Waals surface area contributed by atoms with Crippen molar-refractivity contribution in [3.05, 3.63) is 92.3 Å². The third-order valence-electron chi connectivity index (χ3n) is 5.36. The van der Waals surface area contributed by atoms with Gasteiger partial charge in [0.15, 0.2) is 16.7 Å². The molecule has 4 rings (SSSR count). The summed E-state index contributed by atoms with van der Waals surface area (Å²) in [4.78, 5) is 20.4. The fourth-order valence-electron chi connectivity index (χ4n) is 3.64. The van der Waals surface area contributed by atoms with E-state index in [4.69, 9.17) is 26.1 Å². The molecule has 192 valence electrons. The Morgan fingerprint density at radius 2 is 1.76 bits per heavy atom. The summed E-state index contributed by atoms with van der Waals surface area (Å²) in [5.74, 6) is 1.54. The van der Waals surface area contributed by atoms with Crippen LogP contribution in [0.25, 0.3) is 6.08 Å². The Hall–Kier alpha value is -2.74. The van der Waals surface area contributed by atoms with E-state index in [2.05, 4.69) is 29.8 Å². The first-order valence-corrected chi connectivity index (χ1v) is 14.0. The molecule has 0 N–H and O–H groups in total. The summed E-state index contributed by atoms with van der Waals surface area (Å²) in [6.07, 6.45) is 1.88. The molecule has 37 heavy (non-hydrogen) atoms. The van der Waals surface area contributed by atoms with Crippen molar-refractivity contribution in [2.24, 2.45) is 10.9 Å². The van der Waals surface area contributed by atoms with E-state index in [-0.39, 0.29) is 5.91 Å². The van der Waals surface area contributed by atoms with E-state index in [1.165, 1.54) is 11.8 Å². The van der Waals surface area contributed by atoms with Crippen LogP contribution in [-0.2, 0) is 11.4 Å². The molecule has 1 fully saturated rings. The van der Waals surface area contributed by atoms with E-state index in [9.17, 15) is 4.79 Å². The number of hydrogen-bond acceptors (Lipinski definition) is 5. The lowest BCUT2D eigenvalue weighted by Crippen LogP contribution is -2.32. The molecule has 5 nitrogen and oxygen atoms in total. The van der Waals surface area contributed by atoms with Crippen LogP contribution in [-0.4, -0.2) is 29.1 Å². The van der Waals surface area contributed by atoms with Crippen molar-refractivity contribution >= 4 is 62.1 Å². The fourth-order valence-corrected chi connectivity index (χ4v) is 5.04. The minimum atomic E-state index is -0.0556. The lowest BCUT2D eigenvalue weighted by molar-refractivity contribution is -0.122. The Labute approximate surface area is 235 Å². The molecule has 0 aromatic heterocycles. The zero-order chi connectivity index (χ0) is 26.4. The van der Waals surface area contributed by atoms with Gasteiger partial charge in [-0.1, -0.05) is 59.6 Å². The lowest BCUT2D eigenvalue weighted by atomic mass is 10.1. The molecular weight excluding hydrogens is 572 g/mol. The number of carbonyl (C=O) groups is 1. The smallest absolute Gasteiger partial charge is 0.266 e. The number of aliphatic imine (C=N–C) groups is 1. The van der Waals surface area contributed by atoms with E-state index in [0.29, 0.717) is 52.3 Å². The summed E-state index contributed by atoms with van der Waals surface area (Å²) in [5.41, 5.74) is 2.66. The Bertz CT molecular complexity index is 1310. The second-order valence-corrected chi connectivity index (χ2v) is 11.2. The number of hydrogen-bond donors (Lipinski definition) is 0. The first-order chi connectivity index (χ1) is 17.8. The van der Waals surface area contributed by atoms with Crippen LogP contribution in [0.5, 0.6) is 11.5 Å². The molecule has 0 unspecified atom stereocenters. The van der Waals surface area contributed by atoms with Crippen LogP contribution in [0.4, 0.5) is 5.69 Å². The van der Waals surface area contributed by atoms with Gasteiger partial charge in [0.05, 0.1) is 17.2 Å². The SMILES string of the molecule is CCOc1cc(/C=C2\SC(=Nc3ccc(Cl)cc3)N(CC(C)C)C2=O)ccc1OCc1ccc(Br)cc1. The van der Waals surface area contributed by atoms with Crippen molar-refractivity contribution in [1.82, 2.24) is 4.90 Å². The van der Waals surface area contributed by atoms with Gasteiger partial charge in [-0.05, 0) is 90.3 Å². The summed E-state index contributed by atoms with van der Waals surface area (Å²) < 4.78 is 12.9. The summed E-state index contributed by atoms with van der Waals surface area (Å²) in [6.45, 7) is 7.62. The van der Waals surface area contributed by atoms with Crippen LogP contribution in [0, 0.1) is 5.92 Å². The Kier molecular flexibility index (Phi) is 9.35. The van der Waals surface area contributed by atoms with Crippen molar-refractivity contribution in [1.29, 1.82) is 0 Å². The topological polar surface area (TPSA) is 51.1 Å². The second-order valence-electron chi connectivity index (χ2n) is 8.85. The van der Waals surface area contributed by atoms with E-state index in [1.54, 1.807) is 17.0 Å². The minimum Gasteiger partial charge on any atom is -0.490 e. The van der Waals surface area contributed by atoms with Crippen LogP contribution < -0.4 is 9.47 Å². The number of amidine groups is 1. The van der Waals surface area contributed by atoms with Crippen LogP contribution >= 0.6 is 39.3 Å². The first-order valence-electron chi connectivity index (χ1n) is 12.0. The van der Waals surface area contributed by atoms with Crippen LogP contribution in [0.15, 0.2) is 81.1 Å². The van der Waals surface area contributed by atoms with Gasteiger partial charge in [0.1, 0.15) is 6.61 Å². The molecule has 0 aliphatic carbocycles. The Balaban J connectivity index is 1.58. The largest absolute Gasteiger partial charge is 0.490 e. The van der Waals surface area contributed by atoms with Gasteiger partial charge >= 0.3 is 0 Å². The Morgan fingerprint density at radius 1 is 1.03 bits per heavy atom. The molecule has 8 heteroatoms. The monoisotopic (exact) mass is 598 g/mol. The molecule has 1 aliphatic rings. The average molecular weight is 600 g/mol. The van der Waals surface area contributed by atoms with Crippen LogP contribution in [0.2, 0.25) is 5.02 Å². The number of amides is 1. The third-order valence-corrected chi connectivity index (χ3v) is 7.15. The molecule has 1 amide bonds. The Morgan fingerprint density at radius 3 is 2.43 bits per heavy atom. The highest BCUT2D eigenvalue weighted by atomic mass is 79.9. The predicted molar refractivity (Wildman–Crippen MR) is 157 cm³/mol. The standard InChI is InChI=1S/C29H28BrClN2O3S/c1-4-35-26-15-21(7-14-25(26)36-18-20-5-8-22(30)9-6-20)16-27-28(34)33(17-19(2)3)29(37-27)32-24-12-10-23(31)11-13-24/h5-16,19H,4,17-18H2,1-3H3/b27-16-,32-29?. The van der Waals surface area contributed by atoms with E-state index >= 15 is 0 Å². The first kappa shape index (κ1) is 27.3. The minimum absolute atomic E-state index is 0.0556. The average Bonchev–Trinajstić information content (AvgIpc) is 3.14. The van der Waals surface area contributed by atoms with E-state index in [0.717, 1.165) is 21.3 Å². The summed E-state index contributed by atoms with van der Waals surface area (Å²) >= 11 is 10.8. The number of nitrogens with zero attached hydrogens (tertiary/aromatic N) is 2. The van der Waals surface area contributed by atoms with Gasteiger partial charge in [-0.3, -0.25) is 9.69 Å². The number of carbonyl (C=O) groups excluding carboxylic acids is 1. The molecule has 1 aliphatic heterocycles. The summed E-state index contributed by atoms with van der Waals surface area (Å²) in [6, 6.07) is 21.0. The highest BCUT2D eigenvalue weighted by Crippen LogP contribution is 2.36. The van der Waals surface area contributed by atoms with E-state index < -0.39 is 0 Å². The lowest BCUT2D eigenvalue weighted by Gasteiger charge is -2.17. The molecule has 3 aromatic rings. The van der Waals surface area contributed by atoms with Crippen molar-refractivity contribution in [3.8, 4) is 11.5 Å². The van der Waals surface area contributed by atoms with Gasteiger partial charge in [-0.2, -0.15) is 0 Å². The molecule has 0 bridgehead atoms. The zero-order valence-electron chi connectivity index (χ0n) is 20.9. The maximum Gasteiger partial charge on any atom is 0.266 e. The molecule has 0 radical (unpaired) electrons. The highest BCUT2D eigenvalue weighted by Gasteiger charge is 2.33. The number of thioether (sulfide) groups is 1. The molecule has 0 saturated carbocycles. The van der Waals surface area contributed by atoms with Crippen molar-refractivity contribution < 1.29 is 14.3 Å². The predicted octanol–water partition coefficient (Wildman–Crippen LogP) is 8.34. The van der Waals surface area contributed by atoms with Gasteiger partial charge in [0, 0.05) is 16.0 Å². The fraction of sp³-hybridized carbons (Fsp3) is 0.241. The molecule has 0 spiro atoms. The van der Waals surface area contributed by atoms with Gasteiger partial charge in [-0.25, -0.2) is 4.99 Å². The number of halogens is 2. The van der Waals surface area contributed by atoms with Crippen molar-refractivity contribution in [2.75, 3.05) is 13.2 Å². The van der Waals surface area contributed by atoms with Crippen molar-refractivity contribution in [3.63, 3.8) is 0 Å². The number of benzene rings is 3. The maximum atomic E-state index is 13.3. The quantitative estimate of drug-likeness (QED) is 0.232. The van der Waals surface area contributed by atoms with Gasteiger partial charge in [0.2, 0.25) is 0 Å². The van der Waals surface area contributed by atoms with Crippen LogP contribution in [0.3, 0.4) is 0 Å². The number of ether oxygens (including phenoxy) is 2. The van der Waals surface area contributed by atoms with Gasteiger partial charge < -0.3 is 9.47 Å². The molecule has 0 atom stereocenters. The maximum absolute atomic E-state index is 13.3. The normalized spacial score (nSPS) is 15.7. The molecule has 1 saturated heterocycles. The molecular formula is C29H28BrClN2O3S.